The highest BCUT2D eigenvalue weighted by Crippen LogP contribution is 2.44. The second kappa shape index (κ2) is 18.6. The molecule has 0 radical (unpaired) electrons. The van der Waals surface area contributed by atoms with Gasteiger partial charge in [-0.1, -0.05) is 127 Å². The molecule has 1 aliphatic rings. The van der Waals surface area contributed by atoms with E-state index in [9.17, 15) is 0 Å². The number of amidine groups is 1. The molecule has 7 heteroatoms. The Bertz CT molecular complexity index is 2930. The van der Waals surface area contributed by atoms with E-state index in [0.29, 0.717) is 0 Å². The molecule has 4 N–H and O–H groups in total. The lowest BCUT2D eigenvalue weighted by atomic mass is 9.90. The Hall–Kier alpha value is -7.90. The molecular formula is C53H47N7. The van der Waals surface area contributed by atoms with Crippen LogP contribution in [0.1, 0.15) is 22.3 Å². The summed E-state index contributed by atoms with van der Waals surface area (Å²) in [5.41, 5.74) is 21.6. The van der Waals surface area contributed by atoms with Gasteiger partial charge in [0.05, 0.1) is 11.4 Å². The largest absolute Gasteiger partial charge is 0.384 e. The summed E-state index contributed by atoms with van der Waals surface area (Å²) >= 11 is 0. The summed E-state index contributed by atoms with van der Waals surface area (Å²) in [6, 6.07) is 60.3. The molecule has 60 heavy (non-hydrogen) atoms. The van der Waals surface area contributed by atoms with Crippen molar-refractivity contribution in [1.82, 2.24) is 14.5 Å². The summed E-state index contributed by atoms with van der Waals surface area (Å²) in [6.07, 6.45) is 5.87. The monoisotopic (exact) mass is 781 g/mol. The zero-order valence-corrected chi connectivity index (χ0v) is 34.0. The third-order valence-electron chi connectivity index (χ3n) is 10.5. The molecule has 0 bridgehead atoms. The van der Waals surface area contributed by atoms with E-state index < -0.39 is 0 Å². The first-order chi connectivity index (χ1) is 29.4. The quantitative estimate of drug-likeness (QED) is 0.122. The van der Waals surface area contributed by atoms with Crippen LogP contribution in [0.25, 0.3) is 67.2 Å². The van der Waals surface area contributed by atoms with Crippen molar-refractivity contribution < 1.29 is 0 Å². The average Bonchev–Trinajstić information content (AvgIpc) is 3.59. The summed E-state index contributed by atoms with van der Waals surface area (Å²) in [5, 5.41) is 15.5. The van der Waals surface area contributed by atoms with Crippen LogP contribution in [0.3, 0.4) is 0 Å². The van der Waals surface area contributed by atoms with E-state index in [0.717, 1.165) is 22.5 Å². The van der Waals surface area contributed by atoms with Crippen molar-refractivity contribution in [2.24, 2.45) is 12.8 Å². The number of aromatic nitrogens is 3. The predicted molar refractivity (Wildman–Crippen MR) is 254 cm³/mol. The van der Waals surface area contributed by atoms with Crippen LogP contribution in [0.15, 0.2) is 188 Å². The second-order valence-electron chi connectivity index (χ2n) is 14.3. The average molecular weight is 782 g/mol. The van der Waals surface area contributed by atoms with Crippen LogP contribution in [0.4, 0.5) is 5.69 Å². The van der Waals surface area contributed by atoms with Crippen molar-refractivity contribution >= 4 is 51.8 Å². The fourth-order valence-corrected chi connectivity index (χ4v) is 7.56. The van der Waals surface area contributed by atoms with Gasteiger partial charge in [-0.05, 0) is 85.4 Å². The molecule has 294 valence electrons. The maximum Gasteiger partial charge on any atom is 0.122 e. The molecule has 7 nitrogen and oxygen atoms in total. The van der Waals surface area contributed by atoms with Crippen LogP contribution in [-0.4, -0.2) is 34.1 Å². The summed E-state index contributed by atoms with van der Waals surface area (Å²) in [6.45, 7) is 4.59. The molecule has 6 aromatic carbocycles. The van der Waals surface area contributed by atoms with Crippen LogP contribution in [0.2, 0.25) is 0 Å². The van der Waals surface area contributed by atoms with Crippen molar-refractivity contribution in [2.75, 3.05) is 11.9 Å². The molecule has 10 rings (SSSR count). The number of pyridine rings is 2. The van der Waals surface area contributed by atoms with Crippen LogP contribution in [0.5, 0.6) is 0 Å². The van der Waals surface area contributed by atoms with Gasteiger partial charge in [0.15, 0.2) is 0 Å². The van der Waals surface area contributed by atoms with Gasteiger partial charge in [0.25, 0.3) is 0 Å². The van der Waals surface area contributed by atoms with Crippen molar-refractivity contribution in [3.63, 3.8) is 0 Å². The van der Waals surface area contributed by atoms with Gasteiger partial charge in [-0.25, -0.2) is 0 Å². The highest BCUT2D eigenvalue weighted by Gasteiger charge is 2.23. The minimum atomic E-state index is 0.0766. The van der Waals surface area contributed by atoms with Crippen LogP contribution in [0, 0.1) is 17.7 Å². The number of para-hydroxylation sites is 2. The smallest absolute Gasteiger partial charge is 0.122 e. The molecule has 3 aromatic heterocycles. The van der Waals surface area contributed by atoms with Gasteiger partial charge in [0, 0.05) is 87.5 Å². The molecule has 0 unspecified atom stereocenters. The Balaban J connectivity index is 0.000000152. The van der Waals surface area contributed by atoms with Crippen molar-refractivity contribution in [3.8, 4) is 33.6 Å². The van der Waals surface area contributed by atoms with E-state index in [2.05, 4.69) is 169 Å². The normalized spacial score (nSPS) is 11.8. The fourth-order valence-electron chi connectivity index (χ4n) is 7.56. The number of nitrogen functional groups attached to an aromatic ring is 1. The maximum absolute atomic E-state index is 7.35. The summed E-state index contributed by atoms with van der Waals surface area (Å²) in [4.78, 5) is 10.8. The number of aryl methyl sites for hydroxylation is 2. The van der Waals surface area contributed by atoms with Crippen LogP contribution < -0.4 is 10.6 Å². The molecule has 0 saturated heterocycles. The van der Waals surface area contributed by atoms with E-state index in [4.69, 9.17) is 16.6 Å². The first kappa shape index (κ1) is 40.3. The maximum atomic E-state index is 7.35. The second-order valence-corrected chi connectivity index (χ2v) is 14.3. The number of nitrogens with two attached hydrogens (primary N) is 1. The summed E-state index contributed by atoms with van der Waals surface area (Å²) in [7, 11) is 4.32. The fraction of sp³-hybridized carbons (Fsp3) is 0.0566. The number of nitrogens with zero attached hydrogens (tertiary/aromatic N) is 4. The number of hydrogen-bond donors (Lipinski definition) is 3. The molecule has 4 heterocycles. The molecule has 0 atom stereocenters. The van der Waals surface area contributed by atoms with Gasteiger partial charge >= 0.3 is 0 Å². The minimum absolute atomic E-state index is 0.0766. The van der Waals surface area contributed by atoms with E-state index in [1.54, 1.807) is 6.20 Å². The Morgan fingerprint density at radius 3 is 1.82 bits per heavy atom. The Kier molecular flexibility index (Phi) is 12.5. The zero-order valence-electron chi connectivity index (χ0n) is 34.0. The Morgan fingerprint density at radius 1 is 0.567 bits per heavy atom. The number of anilines is 1. The molecule has 0 saturated carbocycles. The Labute approximate surface area is 351 Å². The lowest BCUT2D eigenvalue weighted by Crippen LogP contribution is -2.20. The van der Waals surface area contributed by atoms with Crippen LogP contribution in [-0.2, 0) is 7.05 Å². The third-order valence-corrected chi connectivity index (χ3v) is 10.5. The minimum Gasteiger partial charge on any atom is -0.384 e. The molecule has 0 spiro atoms. The highest BCUT2D eigenvalue weighted by molar-refractivity contribution is 6.09. The molecule has 0 amide bonds. The number of benzene rings is 6. The number of hydrogen-bond acceptors (Lipinski definition) is 5. The van der Waals surface area contributed by atoms with Crippen LogP contribution >= 0.6 is 0 Å². The van der Waals surface area contributed by atoms with Gasteiger partial charge in [-0.2, -0.15) is 0 Å². The SMILES string of the molecule is C=N.CN1/C(=C\c2ccc3c4ccccc4n(C)c3c2)c2ccccc2-c2ccccc21.Cc1cccc(-c2ccccn2)c1.N=C(N)c1cccc(-c2ccccn2)c1. The van der Waals surface area contributed by atoms with E-state index in [1.807, 2.05) is 66.9 Å². The van der Waals surface area contributed by atoms with Gasteiger partial charge in [0.1, 0.15) is 5.84 Å². The van der Waals surface area contributed by atoms with E-state index in [1.165, 1.54) is 66.6 Å². The topological polar surface area (TPSA) is 108 Å². The standard InChI is InChI=1S/C28H22N2.C12H11N3.C12H11N.CH3N/c1-29-25-13-7-5-10-21(25)20-9-3-4-11-22(20)27(29)17-19-15-16-24-23-12-6-8-14-26(23)30(2)28(24)18-19;13-12(14)10-5-3-4-9(8-10)11-6-1-2-7-15-11;1-10-5-4-6-11(9-10)12-7-2-3-8-13-12;1-2/h3-18H,1-2H3;1-8H,(H3,13,14);2-9H,1H3;2H,1H2/b27-17-;;;. The van der Waals surface area contributed by atoms with Crippen molar-refractivity contribution in [2.45, 2.75) is 6.92 Å². The molecule has 0 fully saturated rings. The molecule has 9 aromatic rings. The highest BCUT2D eigenvalue weighted by atomic mass is 15.1. The predicted octanol–water partition coefficient (Wildman–Crippen LogP) is 12.3. The number of fused-ring (bicyclic) bond motifs is 6. The summed E-state index contributed by atoms with van der Waals surface area (Å²) < 4.78 is 2.29. The van der Waals surface area contributed by atoms with Gasteiger partial charge in [-0.15, -0.1) is 0 Å². The third kappa shape index (κ3) is 8.66. The van der Waals surface area contributed by atoms with Gasteiger partial charge < -0.3 is 20.6 Å². The van der Waals surface area contributed by atoms with Gasteiger partial charge in [0.2, 0.25) is 0 Å². The molecule has 1 aliphatic heterocycles. The van der Waals surface area contributed by atoms with Crippen molar-refractivity contribution in [3.05, 3.63) is 211 Å². The molecular weight excluding hydrogens is 735 g/mol. The van der Waals surface area contributed by atoms with Gasteiger partial charge in [-0.3, -0.25) is 15.4 Å². The van der Waals surface area contributed by atoms with E-state index in [-0.39, 0.29) is 5.84 Å². The Morgan fingerprint density at radius 2 is 1.15 bits per heavy atom. The number of rotatable bonds is 4. The lowest BCUT2D eigenvalue weighted by Gasteiger charge is -2.32. The van der Waals surface area contributed by atoms with Crippen molar-refractivity contribution in [1.29, 1.82) is 10.8 Å². The zero-order chi connectivity index (χ0) is 42.0. The van der Waals surface area contributed by atoms with E-state index >= 15 is 0 Å². The first-order valence-corrected chi connectivity index (χ1v) is 19.7. The number of nitrogens with one attached hydrogen (secondary N) is 2. The lowest BCUT2D eigenvalue weighted by molar-refractivity contribution is 1.01. The summed E-state index contributed by atoms with van der Waals surface area (Å²) in [5.74, 6) is 0.0766. The molecule has 0 aliphatic carbocycles. The first-order valence-electron chi connectivity index (χ1n) is 19.7.